The van der Waals surface area contributed by atoms with Gasteiger partial charge in [0.1, 0.15) is 0 Å². The summed E-state index contributed by atoms with van der Waals surface area (Å²) in [5, 5.41) is 7.32. The summed E-state index contributed by atoms with van der Waals surface area (Å²) in [6.45, 7) is 7.12. The largest absolute Gasteiger partial charge is 0.299 e. The quantitative estimate of drug-likeness (QED) is 0.430. The summed E-state index contributed by atoms with van der Waals surface area (Å²) in [4.78, 5) is 2.58. The third-order valence-corrected chi connectivity index (χ3v) is 6.14. The summed E-state index contributed by atoms with van der Waals surface area (Å²) in [6.07, 6.45) is 6.17. The maximum atomic E-state index is 7.32. The normalized spacial score (nSPS) is 14.2. The molecular weight excluding hydrogens is 396 g/mol. The molecule has 1 aliphatic carbocycles. The fourth-order valence-corrected chi connectivity index (χ4v) is 3.77. The second-order valence-corrected chi connectivity index (χ2v) is 8.77. The maximum absolute atomic E-state index is 7.32. The smallest absolute Gasteiger partial charge is 0.0587 e. The third kappa shape index (κ3) is 7.48. The molecule has 2 aromatic carbocycles. The number of benzene rings is 2. The first-order chi connectivity index (χ1) is 13.1. The molecule has 3 heteroatoms. The number of rotatable bonds is 9. The van der Waals surface area contributed by atoms with Crippen molar-refractivity contribution in [2.24, 2.45) is 0 Å². The molecule has 0 atom stereocenters. The molecule has 0 spiro atoms. The molecule has 0 saturated heterocycles. The highest BCUT2D eigenvalue weighted by molar-refractivity contribution is 9.09. The fraction of sp³-hybridized carbons (Fsp3) is 0.458. The first kappa shape index (κ1) is 21.7. The number of nitrogens with zero attached hydrogens (tertiary/aromatic N) is 2. The van der Waals surface area contributed by atoms with Gasteiger partial charge in [-0.25, -0.2) is 0 Å². The summed E-state index contributed by atoms with van der Waals surface area (Å²) in [5.41, 5.74) is 4.33. The Morgan fingerprint density at radius 1 is 1.00 bits per heavy atom. The average Bonchev–Trinajstić information content (AvgIpc) is 3.43. The molecular formula is C24H31BrN2. The molecule has 0 heterocycles. The lowest BCUT2D eigenvalue weighted by atomic mass is 10.0. The van der Waals surface area contributed by atoms with Crippen LogP contribution in [0.1, 0.15) is 56.2 Å². The summed E-state index contributed by atoms with van der Waals surface area (Å²) in [5.74, 6) is 0. The van der Waals surface area contributed by atoms with E-state index in [1.165, 1.54) is 68.8 Å². The van der Waals surface area contributed by atoms with Gasteiger partial charge in [0.15, 0.2) is 0 Å². The molecule has 0 bridgehead atoms. The van der Waals surface area contributed by atoms with Crippen LogP contribution in [-0.4, -0.2) is 18.0 Å². The van der Waals surface area contributed by atoms with Crippen LogP contribution in [0.5, 0.6) is 0 Å². The van der Waals surface area contributed by atoms with Crippen LogP contribution in [0.2, 0.25) is 0 Å². The number of hydrogen-bond donors (Lipinski definition) is 0. The van der Waals surface area contributed by atoms with Crippen molar-refractivity contribution in [3.05, 3.63) is 71.3 Å². The maximum Gasteiger partial charge on any atom is 0.0587 e. The van der Waals surface area contributed by atoms with Gasteiger partial charge in [0, 0.05) is 13.5 Å². The molecule has 2 nitrogen and oxygen atoms in total. The van der Waals surface area contributed by atoms with Crippen molar-refractivity contribution >= 4 is 15.9 Å². The first-order valence-electron chi connectivity index (χ1n) is 9.96. The molecule has 144 valence electrons. The Morgan fingerprint density at radius 3 is 2.19 bits per heavy atom. The highest BCUT2D eigenvalue weighted by Gasteiger charge is 2.41. The van der Waals surface area contributed by atoms with Gasteiger partial charge >= 0.3 is 0 Å². The van der Waals surface area contributed by atoms with Crippen molar-refractivity contribution in [2.75, 3.05) is 13.1 Å². The molecule has 1 fully saturated rings. The van der Waals surface area contributed by atoms with Gasteiger partial charge in [0.25, 0.3) is 0 Å². The van der Waals surface area contributed by atoms with Crippen LogP contribution in [0.3, 0.4) is 0 Å². The minimum absolute atomic E-state index is 0.305. The number of nitriles is 1. The van der Waals surface area contributed by atoms with E-state index in [4.69, 9.17) is 5.26 Å². The summed E-state index contributed by atoms with van der Waals surface area (Å²) in [7, 11) is 0. The van der Waals surface area contributed by atoms with E-state index in [2.05, 4.69) is 82.4 Å². The van der Waals surface area contributed by atoms with E-state index in [9.17, 15) is 0 Å². The Labute approximate surface area is 173 Å². The van der Waals surface area contributed by atoms with Gasteiger partial charge in [-0.15, -0.1) is 0 Å². The third-order valence-electron chi connectivity index (χ3n) is 4.89. The van der Waals surface area contributed by atoms with Crippen molar-refractivity contribution in [3.8, 4) is 6.07 Å². The highest BCUT2D eigenvalue weighted by Crippen LogP contribution is 2.53. The molecule has 1 saturated carbocycles. The van der Waals surface area contributed by atoms with E-state index in [0.29, 0.717) is 4.32 Å². The minimum atomic E-state index is 0.305. The number of aryl methyl sites for hydroxylation is 1. The Balaban J connectivity index is 0.000000817. The topological polar surface area (TPSA) is 27.0 Å². The average molecular weight is 427 g/mol. The standard InChI is InChI=1S/C22H28BrN.C2H3N/c1-2-16-24(18-20-7-4-3-5-8-20)17-6-9-19-10-12-21(13-11-19)22(23)14-15-22;1-2-3/h3-5,7-8,10-13H,2,6,9,14-18H2,1H3;1H3. The van der Waals surface area contributed by atoms with Gasteiger partial charge in [0.2, 0.25) is 0 Å². The highest BCUT2D eigenvalue weighted by atomic mass is 79.9. The Bertz CT molecular complexity index is 699. The van der Waals surface area contributed by atoms with Crippen molar-refractivity contribution in [1.29, 1.82) is 5.26 Å². The Hall–Kier alpha value is -1.63. The summed E-state index contributed by atoms with van der Waals surface area (Å²) in [6, 6.07) is 21.8. The molecule has 0 radical (unpaired) electrons. The molecule has 0 aromatic heterocycles. The van der Waals surface area contributed by atoms with Crippen LogP contribution in [0.15, 0.2) is 54.6 Å². The minimum Gasteiger partial charge on any atom is -0.299 e. The van der Waals surface area contributed by atoms with Gasteiger partial charge in [-0.1, -0.05) is 77.5 Å². The van der Waals surface area contributed by atoms with Crippen LogP contribution in [0.25, 0.3) is 0 Å². The number of halogens is 1. The lowest BCUT2D eigenvalue weighted by Gasteiger charge is -2.21. The Kier molecular flexibility index (Phi) is 9.04. The number of hydrogen-bond acceptors (Lipinski definition) is 2. The van der Waals surface area contributed by atoms with Gasteiger partial charge in [-0.05, 0) is 61.9 Å². The van der Waals surface area contributed by atoms with E-state index in [-0.39, 0.29) is 0 Å². The lowest BCUT2D eigenvalue weighted by molar-refractivity contribution is 0.262. The lowest BCUT2D eigenvalue weighted by Crippen LogP contribution is -2.25. The van der Waals surface area contributed by atoms with Crippen LogP contribution in [-0.2, 0) is 17.3 Å². The predicted octanol–water partition coefficient (Wildman–Crippen LogP) is 6.45. The van der Waals surface area contributed by atoms with Crippen LogP contribution < -0.4 is 0 Å². The monoisotopic (exact) mass is 426 g/mol. The summed E-state index contributed by atoms with van der Waals surface area (Å²) < 4.78 is 0.305. The van der Waals surface area contributed by atoms with Gasteiger partial charge in [-0.3, -0.25) is 4.90 Å². The van der Waals surface area contributed by atoms with Crippen LogP contribution in [0, 0.1) is 11.3 Å². The second kappa shape index (κ2) is 11.3. The SMILES string of the molecule is CC#N.CCCN(CCCc1ccc(C2(Br)CC2)cc1)Cc1ccccc1. The van der Waals surface area contributed by atoms with Gasteiger partial charge in [-0.2, -0.15) is 5.26 Å². The van der Waals surface area contributed by atoms with E-state index in [1.54, 1.807) is 6.07 Å². The zero-order valence-electron chi connectivity index (χ0n) is 16.6. The fourth-order valence-electron chi connectivity index (χ4n) is 3.30. The molecule has 0 unspecified atom stereocenters. The zero-order valence-corrected chi connectivity index (χ0v) is 18.2. The van der Waals surface area contributed by atoms with Crippen molar-refractivity contribution in [1.82, 2.24) is 4.90 Å². The zero-order chi connectivity index (χ0) is 19.5. The summed E-state index contributed by atoms with van der Waals surface area (Å²) >= 11 is 3.84. The van der Waals surface area contributed by atoms with E-state index in [0.717, 1.165) is 6.54 Å². The van der Waals surface area contributed by atoms with E-state index in [1.807, 2.05) is 0 Å². The van der Waals surface area contributed by atoms with E-state index >= 15 is 0 Å². The van der Waals surface area contributed by atoms with Crippen molar-refractivity contribution in [3.63, 3.8) is 0 Å². The van der Waals surface area contributed by atoms with Crippen molar-refractivity contribution < 1.29 is 0 Å². The molecule has 2 aromatic rings. The molecule has 0 N–H and O–H groups in total. The molecule has 1 aliphatic rings. The number of alkyl halides is 1. The van der Waals surface area contributed by atoms with Gasteiger partial charge < -0.3 is 0 Å². The molecule has 3 rings (SSSR count). The van der Waals surface area contributed by atoms with Crippen molar-refractivity contribution in [2.45, 2.75) is 56.8 Å². The van der Waals surface area contributed by atoms with Crippen LogP contribution in [0.4, 0.5) is 0 Å². The predicted molar refractivity (Wildman–Crippen MR) is 118 cm³/mol. The van der Waals surface area contributed by atoms with E-state index < -0.39 is 0 Å². The molecule has 0 amide bonds. The first-order valence-corrected chi connectivity index (χ1v) is 10.8. The molecule has 27 heavy (non-hydrogen) atoms. The molecule has 0 aliphatic heterocycles. The Morgan fingerprint density at radius 2 is 1.63 bits per heavy atom. The van der Waals surface area contributed by atoms with Crippen LogP contribution >= 0.6 is 15.9 Å². The van der Waals surface area contributed by atoms with Gasteiger partial charge in [0.05, 0.1) is 10.4 Å². The second-order valence-electron chi connectivity index (χ2n) is 7.25.